The van der Waals surface area contributed by atoms with Gasteiger partial charge in [-0.3, -0.25) is 0 Å². The van der Waals surface area contributed by atoms with Crippen LogP contribution in [0.5, 0.6) is 5.75 Å². The molecule has 0 aliphatic rings. The zero-order valence-electron chi connectivity index (χ0n) is 11.2. The summed E-state index contributed by atoms with van der Waals surface area (Å²) in [5.74, 6) is 0.885. The third-order valence-corrected chi connectivity index (χ3v) is 2.37. The Balaban J connectivity index is 2.61. The molecule has 0 fully saturated rings. The summed E-state index contributed by atoms with van der Waals surface area (Å²) in [6.07, 6.45) is 0. The van der Waals surface area contributed by atoms with Crippen LogP contribution in [0.15, 0.2) is 24.3 Å². The minimum atomic E-state index is -0.164. The highest BCUT2D eigenvalue weighted by atomic mass is 16.5. The summed E-state index contributed by atoms with van der Waals surface area (Å²) in [6, 6.07) is 8.31. The topological polar surface area (TPSA) is 41.5 Å². The molecule has 0 bridgehead atoms. The fraction of sp³-hybridized carbons (Fsp3) is 0.571. The summed E-state index contributed by atoms with van der Waals surface area (Å²) < 4.78 is 5.76. The van der Waals surface area contributed by atoms with Gasteiger partial charge in [0.2, 0.25) is 0 Å². The lowest BCUT2D eigenvalue weighted by atomic mass is 10.1. The van der Waals surface area contributed by atoms with Gasteiger partial charge in [0.1, 0.15) is 11.4 Å². The zero-order chi connectivity index (χ0) is 12.9. The van der Waals surface area contributed by atoms with Gasteiger partial charge in [0, 0.05) is 12.6 Å². The van der Waals surface area contributed by atoms with Gasteiger partial charge in [-0.25, -0.2) is 0 Å². The van der Waals surface area contributed by atoms with E-state index in [-0.39, 0.29) is 18.2 Å². The van der Waals surface area contributed by atoms with Gasteiger partial charge >= 0.3 is 0 Å². The van der Waals surface area contributed by atoms with Crippen LogP contribution < -0.4 is 10.1 Å². The van der Waals surface area contributed by atoms with Crippen molar-refractivity contribution in [1.29, 1.82) is 0 Å². The second-order valence-corrected chi connectivity index (χ2v) is 5.18. The van der Waals surface area contributed by atoms with Crippen molar-refractivity contribution in [2.75, 3.05) is 13.2 Å². The van der Waals surface area contributed by atoms with Crippen molar-refractivity contribution in [1.82, 2.24) is 5.32 Å². The third-order valence-electron chi connectivity index (χ3n) is 2.37. The Morgan fingerprint density at radius 2 is 1.82 bits per heavy atom. The minimum absolute atomic E-state index is 0.162. The van der Waals surface area contributed by atoms with Crippen molar-refractivity contribution in [2.45, 2.75) is 39.3 Å². The molecule has 3 heteroatoms. The molecule has 0 amide bonds. The average molecular weight is 237 g/mol. The van der Waals surface area contributed by atoms with Crippen LogP contribution in [0.3, 0.4) is 0 Å². The predicted octanol–water partition coefficient (Wildman–Crippen LogP) is 2.51. The third kappa shape index (κ3) is 5.20. The van der Waals surface area contributed by atoms with E-state index in [1.807, 2.05) is 32.9 Å². The normalized spacial score (nSPS) is 13.5. The molecule has 96 valence electrons. The van der Waals surface area contributed by atoms with Gasteiger partial charge < -0.3 is 15.2 Å². The molecule has 0 aliphatic heterocycles. The highest BCUT2D eigenvalue weighted by Gasteiger charge is 2.12. The van der Waals surface area contributed by atoms with Gasteiger partial charge in [-0.15, -0.1) is 0 Å². The van der Waals surface area contributed by atoms with Crippen LogP contribution in [0, 0.1) is 0 Å². The Morgan fingerprint density at radius 1 is 1.24 bits per heavy atom. The molecule has 3 nitrogen and oxygen atoms in total. The molecule has 0 heterocycles. The van der Waals surface area contributed by atoms with E-state index in [1.54, 1.807) is 0 Å². The highest BCUT2D eigenvalue weighted by Crippen LogP contribution is 2.21. The lowest BCUT2D eigenvalue weighted by Crippen LogP contribution is -2.23. The fourth-order valence-electron chi connectivity index (χ4n) is 1.58. The standard InChI is InChI=1S/C14H23NO2/c1-11(15-9-10-16)12-5-7-13(8-6-12)17-14(2,3)4/h5-8,11,15-16H,9-10H2,1-4H3. The van der Waals surface area contributed by atoms with E-state index in [0.29, 0.717) is 6.54 Å². The van der Waals surface area contributed by atoms with Crippen molar-refractivity contribution in [2.24, 2.45) is 0 Å². The van der Waals surface area contributed by atoms with E-state index in [4.69, 9.17) is 9.84 Å². The summed E-state index contributed by atoms with van der Waals surface area (Å²) in [6.45, 7) is 8.96. The number of hydrogen-bond acceptors (Lipinski definition) is 3. The molecular weight excluding hydrogens is 214 g/mol. The lowest BCUT2D eigenvalue weighted by molar-refractivity contribution is 0.131. The maximum atomic E-state index is 8.75. The number of aliphatic hydroxyl groups is 1. The molecule has 2 N–H and O–H groups in total. The largest absolute Gasteiger partial charge is 0.488 e. The molecular formula is C14H23NO2. The molecule has 0 radical (unpaired) electrons. The molecule has 1 unspecified atom stereocenters. The van der Waals surface area contributed by atoms with Gasteiger partial charge in [-0.2, -0.15) is 0 Å². The fourth-order valence-corrected chi connectivity index (χ4v) is 1.58. The number of hydrogen-bond donors (Lipinski definition) is 2. The molecule has 0 aliphatic carbocycles. The lowest BCUT2D eigenvalue weighted by Gasteiger charge is -2.22. The minimum Gasteiger partial charge on any atom is -0.488 e. The van der Waals surface area contributed by atoms with Crippen LogP contribution in [-0.2, 0) is 0 Å². The Kier molecular flexibility index (Phi) is 4.97. The van der Waals surface area contributed by atoms with E-state index >= 15 is 0 Å². The highest BCUT2D eigenvalue weighted by molar-refractivity contribution is 5.29. The van der Waals surface area contributed by atoms with Crippen LogP contribution in [0.1, 0.15) is 39.3 Å². The predicted molar refractivity (Wildman–Crippen MR) is 70.3 cm³/mol. The second-order valence-electron chi connectivity index (χ2n) is 5.18. The van der Waals surface area contributed by atoms with Gasteiger partial charge in [0.25, 0.3) is 0 Å². The Bertz CT molecular complexity index is 327. The van der Waals surface area contributed by atoms with Gasteiger partial charge in [0.15, 0.2) is 0 Å². The van der Waals surface area contributed by atoms with Crippen LogP contribution in [-0.4, -0.2) is 23.9 Å². The molecule has 0 saturated heterocycles. The summed E-state index contributed by atoms with van der Waals surface area (Å²) in [5.41, 5.74) is 1.03. The molecule has 17 heavy (non-hydrogen) atoms. The van der Waals surface area contributed by atoms with Crippen molar-refractivity contribution in [3.05, 3.63) is 29.8 Å². The van der Waals surface area contributed by atoms with Crippen LogP contribution in [0.4, 0.5) is 0 Å². The van der Waals surface area contributed by atoms with E-state index < -0.39 is 0 Å². The summed E-state index contributed by atoms with van der Waals surface area (Å²) in [5, 5.41) is 12.0. The van der Waals surface area contributed by atoms with E-state index in [2.05, 4.69) is 24.4 Å². The Labute approximate surface area is 104 Å². The van der Waals surface area contributed by atoms with Crippen molar-refractivity contribution < 1.29 is 9.84 Å². The monoisotopic (exact) mass is 237 g/mol. The van der Waals surface area contributed by atoms with E-state index in [0.717, 1.165) is 5.75 Å². The van der Waals surface area contributed by atoms with Gasteiger partial charge in [-0.1, -0.05) is 12.1 Å². The number of aliphatic hydroxyl groups excluding tert-OH is 1. The van der Waals surface area contributed by atoms with Crippen molar-refractivity contribution in [3.8, 4) is 5.75 Å². The van der Waals surface area contributed by atoms with Crippen molar-refractivity contribution >= 4 is 0 Å². The summed E-state index contributed by atoms with van der Waals surface area (Å²) in [4.78, 5) is 0. The Morgan fingerprint density at radius 3 is 2.29 bits per heavy atom. The number of benzene rings is 1. The second kappa shape index (κ2) is 6.03. The summed E-state index contributed by atoms with van der Waals surface area (Å²) in [7, 11) is 0. The maximum absolute atomic E-state index is 8.75. The smallest absolute Gasteiger partial charge is 0.120 e. The van der Waals surface area contributed by atoms with E-state index in [1.165, 1.54) is 5.56 Å². The molecule has 0 aromatic heterocycles. The quantitative estimate of drug-likeness (QED) is 0.826. The first-order valence-corrected chi connectivity index (χ1v) is 6.05. The molecule has 1 rings (SSSR count). The van der Waals surface area contributed by atoms with Gasteiger partial charge in [-0.05, 0) is 45.4 Å². The first kappa shape index (κ1) is 14.0. The maximum Gasteiger partial charge on any atom is 0.120 e. The number of nitrogens with one attached hydrogen (secondary N) is 1. The number of ether oxygens (including phenoxy) is 1. The number of rotatable bonds is 5. The molecule has 1 aromatic rings. The van der Waals surface area contributed by atoms with Gasteiger partial charge in [0.05, 0.1) is 6.61 Å². The molecule has 1 atom stereocenters. The van der Waals surface area contributed by atoms with E-state index in [9.17, 15) is 0 Å². The Hall–Kier alpha value is -1.06. The SMILES string of the molecule is CC(NCCO)c1ccc(OC(C)(C)C)cc1. The average Bonchev–Trinajstić information content (AvgIpc) is 2.24. The van der Waals surface area contributed by atoms with Crippen molar-refractivity contribution in [3.63, 3.8) is 0 Å². The zero-order valence-corrected chi connectivity index (χ0v) is 11.2. The first-order valence-electron chi connectivity index (χ1n) is 6.05. The molecule has 0 saturated carbocycles. The molecule has 0 spiro atoms. The molecule has 1 aromatic carbocycles. The first-order chi connectivity index (χ1) is 7.92. The van der Waals surface area contributed by atoms with Crippen LogP contribution in [0.2, 0.25) is 0 Å². The van der Waals surface area contributed by atoms with Crippen LogP contribution in [0.25, 0.3) is 0 Å². The van der Waals surface area contributed by atoms with Crippen LogP contribution >= 0.6 is 0 Å². The summed E-state index contributed by atoms with van der Waals surface area (Å²) >= 11 is 0.